The Morgan fingerprint density at radius 1 is 0.979 bits per heavy atom. The SMILES string of the molecule is CC(C)(C)OC(=O)N1CCC[C@@H](C(=O)N[C@H]2CCC[C@@H](Nc3ncc(Cl)c(-c4cn(S(=O)(=O)c5ccccc5)c5ccccc45)n3)C2)C1. The highest BCUT2D eigenvalue weighted by atomic mass is 35.5. The van der Waals surface area contributed by atoms with Gasteiger partial charge in [-0.05, 0) is 77.5 Å². The van der Waals surface area contributed by atoms with Gasteiger partial charge in [-0.3, -0.25) is 4.79 Å². The zero-order chi connectivity index (χ0) is 34.1. The predicted molar refractivity (Wildman–Crippen MR) is 185 cm³/mol. The third-order valence-corrected chi connectivity index (χ3v) is 10.7. The molecular formula is C35H41ClN6O5S. The summed E-state index contributed by atoms with van der Waals surface area (Å²) in [4.78, 5) is 36.9. The molecule has 3 atom stereocenters. The summed E-state index contributed by atoms with van der Waals surface area (Å²) in [6.07, 6.45) is 7.49. The van der Waals surface area contributed by atoms with Crippen molar-refractivity contribution in [1.82, 2.24) is 24.2 Å². The molecule has 2 aliphatic rings. The minimum absolute atomic E-state index is 0.00231. The fraction of sp³-hybridized carbons (Fsp3) is 0.429. The Hall–Kier alpha value is -4.16. The molecule has 2 N–H and O–H groups in total. The van der Waals surface area contributed by atoms with E-state index in [2.05, 4.69) is 15.6 Å². The molecule has 0 unspecified atom stereocenters. The van der Waals surface area contributed by atoms with Gasteiger partial charge in [0, 0.05) is 42.3 Å². The molecule has 48 heavy (non-hydrogen) atoms. The predicted octanol–water partition coefficient (Wildman–Crippen LogP) is 6.48. The van der Waals surface area contributed by atoms with Gasteiger partial charge in [0.1, 0.15) is 5.60 Å². The maximum Gasteiger partial charge on any atom is 0.410 e. The number of halogens is 1. The van der Waals surface area contributed by atoms with Crippen LogP contribution in [0, 0.1) is 5.92 Å². The Morgan fingerprint density at radius 2 is 1.71 bits per heavy atom. The molecule has 1 aliphatic heterocycles. The number of nitrogens with one attached hydrogen (secondary N) is 2. The van der Waals surface area contributed by atoms with Crippen molar-refractivity contribution in [3.8, 4) is 11.3 Å². The van der Waals surface area contributed by atoms with Crippen LogP contribution in [-0.2, 0) is 19.6 Å². The van der Waals surface area contributed by atoms with Crippen molar-refractivity contribution in [2.45, 2.75) is 81.9 Å². The number of likely N-dealkylation sites (tertiary alicyclic amines) is 1. The zero-order valence-electron chi connectivity index (χ0n) is 27.4. The number of hydrogen-bond donors (Lipinski definition) is 2. The largest absolute Gasteiger partial charge is 0.444 e. The second-order valence-electron chi connectivity index (χ2n) is 13.5. The van der Waals surface area contributed by atoms with Crippen LogP contribution in [0.1, 0.15) is 59.3 Å². The lowest BCUT2D eigenvalue weighted by Gasteiger charge is -2.35. The lowest BCUT2D eigenvalue weighted by Crippen LogP contribution is -2.50. The van der Waals surface area contributed by atoms with Crippen LogP contribution in [0.2, 0.25) is 5.02 Å². The van der Waals surface area contributed by atoms with Crippen molar-refractivity contribution >= 4 is 50.5 Å². The van der Waals surface area contributed by atoms with E-state index in [1.807, 2.05) is 32.9 Å². The number of rotatable bonds is 7. The molecule has 1 aliphatic carbocycles. The summed E-state index contributed by atoms with van der Waals surface area (Å²) in [7, 11) is -3.88. The molecule has 0 radical (unpaired) electrons. The van der Waals surface area contributed by atoms with E-state index >= 15 is 0 Å². The van der Waals surface area contributed by atoms with Crippen molar-refractivity contribution in [3.63, 3.8) is 0 Å². The van der Waals surface area contributed by atoms with Gasteiger partial charge in [0.05, 0.1) is 33.2 Å². The van der Waals surface area contributed by atoms with Crippen LogP contribution in [0.25, 0.3) is 22.2 Å². The van der Waals surface area contributed by atoms with Crippen LogP contribution in [0.15, 0.2) is 71.9 Å². The molecule has 1 saturated heterocycles. The molecule has 2 fully saturated rings. The van der Waals surface area contributed by atoms with Crippen LogP contribution in [0.5, 0.6) is 0 Å². The molecule has 13 heteroatoms. The highest BCUT2D eigenvalue weighted by Crippen LogP contribution is 2.36. The topological polar surface area (TPSA) is 136 Å². The van der Waals surface area contributed by atoms with Gasteiger partial charge >= 0.3 is 6.09 Å². The zero-order valence-corrected chi connectivity index (χ0v) is 28.9. The number of para-hydroxylation sites is 1. The quantitative estimate of drug-likeness (QED) is 0.225. The molecule has 4 aromatic rings. The number of hydrogen-bond acceptors (Lipinski definition) is 8. The maximum atomic E-state index is 13.6. The number of carbonyl (C=O) groups excluding carboxylic acids is 2. The normalized spacial score (nSPS) is 20.3. The minimum Gasteiger partial charge on any atom is -0.444 e. The van der Waals surface area contributed by atoms with Crippen LogP contribution in [0.4, 0.5) is 10.7 Å². The molecular weight excluding hydrogens is 652 g/mol. The lowest BCUT2D eigenvalue weighted by atomic mass is 9.90. The Labute approximate surface area is 286 Å². The number of anilines is 1. The summed E-state index contributed by atoms with van der Waals surface area (Å²) in [6, 6.07) is 15.5. The van der Waals surface area contributed by atoms with E-state index in [4.69, 9.17) is 21.3 Å². The number of aromatic nitrogens is 3. The third kappa shape index (κ3) is 7.44. The van der Waals surface area contributed by atoms with E-state index in [0.29, 0.717) is 52.6 Å². The second kappa shape index (κ2) is 13.8. The molecule has 2 amide bonds. The van der Waals surface area contributed by atoms with Crippen molar-refractivity contribution in [1.29, 1.82) is 0 Å². The molecule has 2 aromatic carbocycles. The van der Waals surface area contributed by atoms with Crippen molar-refractivity contribution < 1.29 is 22.7 Å². The number of benzene rings is 2. The van der Waals surface area contributed by atoms with E-state index in [9.17, 15) is 18.0 Å². The van der Waals surface area contributed by atoms with Gasteiger partial charge in [0.2, 0.25) is 11.9 Å². The summed E-state index contributed by atoms with van der Waals surface area (Å²) in [6.45, 7) is 6.43. The van der Waals surface area contributed by atoms with E-state index in [1.165, 1.54) is 10.2 Å². The van der Waals surface area contributed by atoms with Crippen molar-refractivity contribution in [2.24, 2.45) is 5.92 Å². The Morgan fingerprint density at radius 3 is 2.48 bits per heavy atom. The lowest BCUT2D eigenvalue weighted by molar-refractivity contribution is -0.127. The fourth-order valence-electron chi connectivity index (χ4n) is 6.51. The summed E-state index contributed by atoms with van der Waals surface area (Å²) in [5.74, 6) is 0.0461. The minimum atomic E-state index is -3.88. The molecule has 11 nitrogen and oxygen atoms in total. The van der Waals surface area contributed by atoms with E-state index < -0.39 is 15.6 Å². The van der Waals surface area contributed by atoms with Crippen LogP contribution < -0.4 is 10.6 Å². The molecule has 2 aromatic heterocycles. The summed E-state index contributed by atoms with van der Waals surface area (Å²) >= 11 is 6.64. The molecule has 254 valence electrons. The molecule has 0 spiro atoms. The van der Waals surface area contributed by atoms with Crippen LogP contribution in [-0.4, -0.2) is 70.0 Å². The number of ether oxygens (including phenoxy) is 1. The van der Waals surface area contributed by atoms with Crippen LogP contribution in [0.3, 0.4) is 0 Å². The Bertz CT molecular complexity index is 1910. The molecule has 0 bridgehead atoms. The van der Waals surface area contributed by atoms with E-state index in [1.54, 1.807) is 53.6 Å². The number of nitrogens with zero attached hydrogens (tertiary/aromatic N) is 4. The van der Waals surface area contributed by atoms with Gasteiger partial charge < -0.3 is 20.3 Å². The summed E-state index contributed by atoms with van der Waals surface area (Å²) < 4.78 is 34.1. The molecule has 3 heterocycles. The summed E-state index contributed by atoms with van der Waals surface area (Å²) in [5.41, 5.74) is 0.910. The van der Waals surface area contributed by atoms with Crippen molar-refractivity contribution in [3.05, 3.63) is 72.0 Å². The van der Waals surface area contributed by atoms with Gasteiger partial charge in [-0.1, -0.05) is 48.0 Å². The first-order chi connectivity index (χ1) is 22.9. The molecule has 6 rings (SSSR count). The van der Waals surface area contributed by atoms with Gasteiger partial charge in [0.15, 0.2) is 0 Å². The monoisotopic (exact) mass is 692 g/mol. The van der Waals surface area contributed by atoms with Gasteiger partial charge in [0.25, 0.3) is 10.0 Å². The first kappa shape index (κ1) is 33.7. The van der Waals surface area contributed by atoms with Gasteiger partial charge in [-0.2, -0.15) is 0 Å². The van der Waals surface area contributed by atoms with Crippen molar-refractivity contribution in [2.75, 3.05) is 18.4 Å². The van der Waals surface area contributed by atoms with Crippen LogP contribution >= 0.6 is 11.6 Å². The first-order valence-corrected chi connectivity index (χ1v) is 18.2. The average Bonchev–Trinajstić information content (AvgIpc) is 3.46. The number of fused-ring (bicyclic) bond motifs is 1. The molecule has 1 saturated carbocycles. The number of carbonyl (C=O) groups is 2. The number of amides is 2. The standard InChI is InChI=1S/C35H41ClN6O5S/c1-35(2,3)47-34(44)41-18-10-11-23(21-41)32(43)38-24-12-9-13-25(19-24)39-33-37-20-29(36)31(40-33)28-22-42(30-17-8-7-16-27(28)30)48(45,46)26-14-5-4-6-15-26/h4-8,14-17,20,22-25H,9-13,18-19,21H2,1-3H3,(H,38,43)(H,37,39,40)/t23-,24+,25-/m1/s1. The third-order valence-electron chi connectivity index (χ3n) is 8.77. The Balaban J connectivity index is 1.16. The first-order valence-electron chi connectivity index (χ1n) is 16.4. The van der Waals surface area contributed by atoms with Gasteiger partial charge in [-0.15, -0.1) is 0 Å². The summed E-state index contributed by atoms with van der Waals surface area (Å²) in [5, 5.41) is 7.64. The number of piperidine rings is 1. The highest BCUT2D eigenvalue weighted by Gasteiger charge is 2.33. The highest BCUT2D eigenvalue weighted by molar-refractivity contribution is 7.90. The Kier molecular flexibility index (Phi) is 9.67. The van der Waals surface area contributed by atoms with Gasteiger partial charge in [-0.25, -0.2) is 27.2 Å². The fourth-order valence-corrected chi connectivity index (χ4v) is 8.09. The van der Waals surface area contributed by atoms with E-state index in [-0.39, 0.29) is 34.9 Å². The second-order valence-corrected chi connectivity index (χ2v) is 15.8. The maximum absolute atomic E-state index is 13.6. The smallest absolute Gasteiger partial charge is 0.410 e. The van der Waals surface area contributed by atoms with E-state index in [0.717, 1.165) is 32.1 Å². The average molecular weight is 693 g/mol.